The van der Waals surface area contributed by atoms with Crippen molar-refractivity contribution in [1.82, 2.24) is 0 Å². The van der Waals surface area contributed by atoms with Crippen LogP contribution in [-0.4, -0.2) is 5.78 Å². The van der Waals surface area contributed by atoms with Crippen molar-refractivity contribution < 1.29 is 4.79 Å². The Morgan fingerprint density at radius 3 is 1.75 bits per heavy atom. The number of ketones is 1. The highest BCUT2D eigenvalue weighted by Gasteiger charge is 2.03. The average Bonchev–Trinajstić information content (AvgIpc) is 2.03. The second kappa shape index (κ2) is 8.31. The summed E-state index contributed by atoms with van der Waals surface area (Å²) in [5.74, 6) is 0.0989. The van der Waals surface area contributed by atoms with E-state index in [1.807, 2.05) is 20.8 Å². The van der Waals surface area contributed by atoms with Crippen LogP contribution in [0.4, 0.5) is 0 Å². The molecule has 2 nitrogen and oxygen atoms in total. The molecule has 0 aliphatic heterocycles. The molecule has 0 spiro atoms. The van der Waals surface area contributed by atoms with Crippen LogP contribution in [0.3, 0.4) is 0 Å². The smallest absolute Gasteiger partial charge is 0.157 e. The standard InChI is InChI=1S/C8H15NO.C2H6/c1-4-5-8(6(2)9)7(3)10;1-2/h4-5,9H2,1-3H3;1-2H3/b8-6-;. The minimum Gasteiger partial charge on any atom is -0.402 e. The number of carbonyl (C=O) groups excluding carboxylic acids is 1. The monoisotopic (exact) mass is 171 g/mol. The lowest BCUT2D eigenvalue weighted by molar-refractivity contribution is -0.113. The van der Waals surface area contributed by atoms with Crippen molar-refractivity contribution in [2.45, 2.75) is 47.5 Å². The predicted molar refractivity (Wildman–Crippen MR) is 53.8 cm³/mol. The van der Waals surface area contributed by atoms with Crippen LogP contribution in [0.2, 0.25) is 0 Å². The molecule has 0 aromatic heterocycles. The van der Waals surface area contributed by atoms with Gasteiger partial charge in [-0.1, -0.05) is 27.2 Å². The van der Waals surface area contributed by atoms with Crippen LogP contribution in [0.25, 0.3) is 0 Å². The SMILES string of the molecule is CC.CCC/C(C(C)=O)=C(\C)N. The molecule has 0 fully saturated rings. The molecule has 0 aromatic carbocycles. The molecule has 0 atom stereocenters. The highest BCUT2D eigenvalue weighted by molar-refractivity contribution is 5.93. The largest absolute Gasteiger partial charge is 0.402 e. The van der Waals surface area contributed by atoms with Gasteiger partial charge in [-0.3, -0.25) is 4.79 Å². The van der Waals surface area contributed by atoms with Gasteiger partial charge in [0.1, 0.15) is 0 Å². The normalized spacial score (nSPS) is 11.1. The molecule has 0 aromatic rings. The second-order valence-electron chi connectivity index (χ2n) is 2.47. The topological polar surface area (TPSA) is 43.1 Å². The number of rotatable bonds is 3. The number of hydrogen-bond acceptors (Lipinski definition) is 2. The maximum absolute atomic E-state index is 10.8. The van der Waals surface area contributed by atoms with Crippen molar-refractivity contribution in [3.63, 3.8) is 0 Å². The van der Waals surface area contributed by atoms with E-state index in [9.17, 15) is 4.79 Å². The van der Waals surface area contributed by atoms with Gasteiger partial charge in [0.05, 0.1) is 0 Å². The summed E-state index contributed by atoms with van der Waals surface area (Å²) >= 11 is 0. The predicted octanol–water partition coefficient (Wildman–Crippen LogP) is 2.63. The molecule has 0 heterocycles. The van der Waals surface area contributed by atoms with Gasteiger partial charge in [0.25, 0.3) is 0 Å². The molecule has 72 valence electrons. The number of hydrogen-bond donors (Lipinski definition) is 1. The Hall–Kier alpha value is -0.790. The van der Waals surface area contributed by atoms with Crippen molar-refractivity contribution in [3.05, 3.63) is 11.3 Å². The zero-order chi connectivity index (χ0) is 10.1. The molecule has 0 rings (SSSR count). The van der Waals surface area contributed by atoms with E-state index in [1.54, 1.807) is 13.8 Å². The van der Waals surface area contributed by atoms with Gasteiger partial charge in [-0.2, -0.15) is 0 Å². The van der Waals surface area contributed by atoms with E-state index in [0.29, 0.717) is 5.70 Å². The molecule has 12 heavy (non-hydrogen) atoms. The molecular weight excluding hydrogens is 150 g/mol. The number of Topliss-reactive ketones (excluding diaryl/α,β-unsaturated/α-hetero) is 1. The van der Waals surface area contributed by atoms with E-state index < -0.39 is 0 Å². The van der Waals surface area contributed by atoms with Gasteiger partial charge in [-0.15, -0.1) is 0 Å². The van der Waals surface area contributed by atoms with Gasteiger partial charge < -0.3 is 5.73 Å². The molecule has 0 aliphatic carbocycles. The third kappa shape index (κ3) is 5.96. The molecule has 0 saturated carbocycles. The lowest BCUT2D eigenvalue weighted by Gasteiger charge is -2.02. The highest BCUT2D eigenvalue weighted by atomic mass is 16.1. The van der Waals surface area contributed by atoms with Crippen LogP contribution in [0.15, 0.2) is 11.3 Å². The van der Waals surface area contributed by atoms with Crippen molar-refractivity contribution in [3.8, 4) is 0 Å². The van der Waals surface area contributed by atoms with E-state index in [4.69, 9.17) is 5.73 Å². The van der Waals surface area contributed by atoms with Crippen LogP contribution < -0.4 is 5.73 Å². The van der Waals surface area contributed by atoms with Crippen LogP contribution in [0, 0.1) is 0 Å². The quantitative estimate of drug-likeness (QED) is 0.663. The summed E-state index contributed by atoms with van der Waals surface area (Å²) in [5.41, 5.74) is 6.92. The third-order valence-corrected chi connectivity index (χ3v) is 1.40. The van der Waals surface area contributed by atoms with E-state index in [2.05, 4.69) is 0 Å². The molecule has 0 saturated heterocycles. The molecule has 2 N–H and O–H groups in total. The molecular formula is C10H21NO. The summed E-state index contributed by atoms with van der Waals surface area (Å²) in [6.07, 6.45) is 1.78. The average molecular weight is 171 g/mol. The Morgan fingerprint density at radius 1 is 1.25 bits per heavy atom. The molecule has 0 aliphatic rings. The van der Waals surface area contributed by atoms with E-state index >= 15 is 0 Å². The van der Waals surface area contributed by atoms with Crippen molar-refractivity contribution in [2.75, 3.05) is 0 Å². The Bertz CT molecular complexity index is 155. The number of carbonyl (C=O) groups is 1. The Morgan fingerprint density at radius 2 is 1.67 bits per heavy atom. The first-order valence-corrected chi connectivity index (χ1v) is 4.55. The zero-order valence-electron chi connectivity index (χ0n) is 8.90. The Kier molecular flexibility index (Phi) is 9.54. The maximum atomic E-state index is 10.8. The molecule has 0 amide bonds. The van der Waals surface area contributed by atoms with Gasteiger partial charge in [-0.05, 0) is 20.3 Å². The van der Waals surface area contributed by atoms with Gasteiger partial charge in [0.15, 0.2) is 5.78 Å². The molecule has 0 bridgehead atoms. The molecule has 2 heteroatoms. The lowest BCUT2D eigenvalue weighted by Crippen LogP contribution is -2.05. The van der Waals surface area contributed by atoms with Crippen molar-refractivity contribution in [2.24, 2.45) is 5.73 Å². The van der Waals surface area contributed by atoms with Crippen LogP contribution in [0.1, 0.15) is 47.5 Å². The van der Waals surface area contributed by atoms with E-state index in [0.717, 1.165) is 18.4 Å². The first kappa shape index (κ1) is 13.8. The summed E-state index contributed by atoms with van der Waals surface area (Å²) in [4.78, 5) is 10.8. The lowest BCUT2D eigenvalue weighted by atomic mass is 10.1. The fraction of sp³-hybridized carbons (Fsp3) is 0.700. The third-order valence-electron chi connectivity index (χ3n) is 1.40. The van der Waals surface area contributed by atoms with E-state index in [-0.39, 0.29) is 5.78 Å². The highest BCUT2D eigenvalue weighted by Crippen LogP contribution is 2.07. The van der Waals surface area contributed by atoms with Crippen LogP contribution in [-0.2, 0) is 4.79 Å². The molecule has 0 unspecified atom stereocenters. The van der Waals surface area contributed by atoms with Gasteiger partial charge in [0, 0.05) is 11.3 Å². The first-order valence-electron chi connectivity index (χ1n) is 4.55. The fourth-order valence-electron chi connectivity index (χ4n) is 0.901. The summed E-state index contributed by atoms with van der Waals surface area (Å²) < 4.78 is 0. The maximum Gasteiger partial charge on any atom is 0.157 e. The summed E-state index contributed by atoms with van der Waals surface area (Å²) in [7, 11) is 0. The first-order chi connectivity index (χ1) is 5.59. The summed E-state index contributed by atoms with van der Waals surface area (Å²) in [6.45, 7) is 9.36. The van der Waals surface area contributed by atoms with Gasteiger partial charge in [-0.25, -0.2) is 0 Å². The summed E-state index contributed by atoms with van der Waals surface area (Å²) in [6, 6.07) is 0. The van der Waals surface area contributed by atoms with Gasteiger partial charge in [0.2, 0.25) is 0 Å². The number of nitrogens with two attached hydrogens (primary N) is 1. The zero-order valence-corrected chi connectivity index (χ0v) is 8.90. The van der Waals surface area contributed by atoms with Crippen molar-refractivity contribution >= 4 is 5.78 Å². The minimum atomic E-state index is 0.0989. The molecule has 0 radical (unpaired) electrons. The fourth-order valence-corrected chi connectivity index (χ4v) is 0.901. The van der Waals surface area contributed by atoms with Crippen LogP contribution in [0.5, 0.6) is 0 Å². The minimum absolute atomic E-state index is 0.0989. The Labute approximate surface area is 75.8 Å². The van der Waals surface area contributed by atoms with Crippen LogP contribution >= 0.6 is 0 Å². The summed E-state index contributed by atoms with van der Waals surface area (Å²) in [5, 5.41) is 0. The van der Waals surface area contributed by atoms with E-state index in [1.165, 1.54) is 0 Å². The number of allylic oxidation sites excluding steroid dienone is 2. The van der Waals surface area contributed by atoms with Gasteiger partial charge >= 0.3 is 0 Å². The second-order valence-corrected chi connectivity index (χ2v) is 2.47. The Balaban J connectivity index is 0. The van der Waals surface area contributed by atoms with Crippen molar-refractivity contribution in [1.29, 1.82) is 0 Å².